The fourth-order valence-electron chi connectivity index (χ4n) is 4.22. The number of nitrogens with one attached hydrogen (secondary N) is 1. The van der Waals surface area contributed by atoms with Crippen LogP contribution in [0.25, 0.3) is 0 Å². The van der Waals surface area contributed by atoms with Gasteiger partial charge in [-0.05, 0) is 63.1 Å². The number of benzene rings is 3. The molecule has 11 heteroatoms. The molecule has 0 bridgehead atoms. The lowest BCUT2D eigenvalue weighted by Crippen LogP contribution is -2.53. The Morgan fingerprint density at radius 2 is 1.44 bits per heavy atom. The molecule has 220 valence electrons. The van der Waals surface area contributed by atoms with Crippen LogP contribution in [0.4, 0.5) is 5.69 Å². The molecule has 0 aliphatic heterocycles. The van der Waals surface area contributed by atoms with Crippen molar-refractivity contribution in [3.05, 3.63) is 92.9 Å². The number of sulfonamides is 1. The van der Waals surface area contributed by atoms with Crippen molar-refractivity contribution in [3.8, 4) is 0 Å². The summed E-state index contributed by atoms with van der Waals surface area (Å²) in [5.74, 6) is -0.980. The van der Waals surface area contributed by atoms with Crippen molar-refractivity contribution in [3.63, 3.8) is 0 Å². The summed E-state index contributed by atoms with van der Waals surface area (Å²) in [6, 6.07) is 16.6. The molecular weight excluding hydrogens is 605 g/mol. The van der Waals surface area contributed by atoms with Gasteiger partial charge in [0.1, 0.15) is 12.6 Å². The number of amides is 2. The summed E-state index contributed by atoms with van der Waals surface area (Å²) in [5.41, 5.74) is 1.46. The van der Waals surface area contributed by atoms with Crippen LogP contribution < -0.4 is 9.62 Å². The van der Waals surface area contributed by atoms with Gasteiger partial charge in [0.25, 0.3) is 10.0 Å². The third-order valence-corrected chi connectivity index (χ3v) is 9.59. The van der Waals surface area contributed by atoms with Gasteiger partial charge in [-0.2, -0.15) is 0 Å². The molecule has 0 saturated carbocycles. The summed E-state index contributed by atoms with van der Waals surface area (Å²) in [6.45, 7) is 6.72. The van der Waals surface area contributed by atoms with Crippen LogP contribution in [-0.2, 0) is 26.2 Å². The molecule has 3 aromatic carbocycles. The van der Waals surface area contributed by atoms with E-state index in [4.69, 9.17) is 34.8 Å². The number of rotatable bonds is 12. The number of carbonyl (C=O) groups excluding carboxylic acids is 2. The molecule has 0 aromatic heterocycles. The number of para-hydroxylation sites is 1. The predicted molar refractivity (Wildman–Crippen MR) is 166 cm³/mol. The van der Waals surface area contributed by atoms with Crippen molar-refractivity contribution in [2.24, 2.45) is 0 Å². The van der Waals surface area contributed by atoms with E-state index < -0.39 is 28.5 Å². The highest BCUT2D eigenvalue weighted by Gasteiger charge is 2.35. The van der Waals surface area contributed by atoms with E-state index in [0.717, 1.165) is 9.87 Å². The second-order valence-electron chi connectivity index (χ2n) is 9.74. The maximum Gasteiger partial charge on any atom is 0.264 e. The molecule has 0 saturated heterocycles. The fourth-order valence-corrected chi connectivity index (χ4v) is 6.46. The zero-order chi connectivity index (χ0) is 30.3. The summed E-state index contributed by atoms with van der Waals surface area (Å²) in [5, 5.41) is 3.73. The highest BCUT2D eigenvalue weighted by atomic mass is 35.5. The van der Waals surface area contributed by atoms with Gasteiger partial charge in [0.15, 0.2) is 0 Å². The molecule has 0 spiro atoms. The van der Waals surface area contributed by atoms with Gasteiger partial charge in [-0.1, -0.05) is 84.5 Å². The largest absolute Gasteiger partial charge is 0.352 e. The topological polar surface area (TPSA) is 86.8 Å². The third kappa shape index (κ3) is 7.95. The van der Waals surface area contributed by atoms with Gasteiger partial charge >= 0.3 is 0 Å². The maximum atomic E-state index is 14.2. The van der Waals surface area contributed by atoms with Crippen LogP contribution in [0.1, 0.15) is 44.7 Å². The van der Waals surface area contributed by atoms with E-state index in [1.54, 1.807) is 55.5 Å². The Kier molecular flexibility index (Phi) is 11.5. The van der Waals surface area contributed by atoms with E-state index in [1.807, 2.05) is 20.8 Å². The zero-order valence-corrected chi connectivity index (χ0v) is 26.5. The molecule has 0 aliphatic rings. The number of hydrogen-bond acceptors (Lipinski definition) is 4. The molecule has 0 heterocycles. The minimum absolute atomic E-state index is 0.00178. The molecular formula is C30H34Cl3N3O4S. The Balaban J connectivity index is 2.11. The van der Waals surface area contributed by atoms with Crippen molar-refractivity contribution in [2.75, 3.05) is 10.8 Å². The SMILES string of the molecule is CC[C@H](C(=O)N[C@@H](C)CC)N(Cc1c(Cl)cccc1Cl)C(=O)CN(c1ccccc1Cl)S(=O)(=O)c1ccc(C)cc1. The van der Waals surface area contributed by atoms with Crippen molar-refractivity contribution in [2.45, 2.75) is 64.1 Å². The Labute approximate surface area is 257 Å². The standard InChI is InChI=1S/C30H34Cl3N3O4S/c1-5-21(4)34-30(38)27(6-2)35(18-23-24(31)11-9-12-25(23)32)29(37)19-36(28-13-8-7-10-26(28)33)41(39,40)22-16-14-20(3)15-17-22/h7-17,21,27H,5-6,18-19H2,1-4H3,(H,34,38)/t21-,27+/m0/s1. The smallest absolute Gasteiger partial charge is 0.264 e. The van der Waals surface area contributed by atoms with Gasteiger partial charge in [-0.15, -0.1) is 0 Å². The van der Waals surface area contributed by atoms with Crippen molar-refractivity contribution in [1.29, 1.82) is 0 Å². The maximum absolute atomic E-state index is 14.2. The summed E-state index contributed by atoms with van der Waals surface area (Å²) in [4.78, 5) is 28.9. The Hall–Kier alpha value is -2.78. The molecule has 0 radical (unpaired) electrons. The first kappa shape index (κ1) is 32.7. The number of carbonyl (C=O) groups is 2. The number of hydrogen-bond donors (Lipinski definition) is 1. The molecule has 2 atom stereocenters. The summed E-state index contributed by atoms with van der Waals surface area (Å²) < 4.78 is 28.9. The summed E-state index contributed by atoms with van der Waals surface area (Å²) >= 11 is 19.4. The molecule has 3 rings (SSSR count). The minimum Gasteiger partial charge on any atom is -0.352 e. The van der Waals surface area contributed by atoms with Crippen LogP contribution in [0.15, 0.2) is 71.6 Å². The average Bonchev–Trinajstić information content (AvgIpc) is 2.93. The van der Waals surface area contributed by atoms with Gasteiger partial charge in [0.2, 0.25) is 11.8 Å². The summed E-state index contributed by atoms with van der Waals surface area (Å²) in [7, 11) is -4.24. The van der Waals surface area contributed by atoms with Gasteiger partial charge in [0.05, 0.1) is 15.6 Å². The number of halogens is 3. The molecule has 0 fully saturated rings. The molecule has 7 nitrogen and oxygen atoms in total. The molecule has 1 N–H and O–H groups in total. The Morgan fingerprint density at radius 3 is 2.00 bits per heavy atom. The van der Waals surface area contributed by atoms with E-state index in [9.17, 15) is 18.0 Å². The lowest BCUT2D eigenvalue weighted by atomic mass is 10.1. The van der Waals surface area contributed by atoms with E-state index in [2.05, 4.69) is 5.32 Å². The zero-order valence-electron chi connectivity index (χ0n) is 23.4. The van der Waals surface area contributed by atoms with Crippen LogP contribution in [-0.4, -0.2) is 43.8 Å². The second-order valence-corrected chi connectivity index (χ2v) is 12.8. The first-order valence-electron chi connectivity index (χ1n) is 13.3. The molecule has 41 heavy (non-hydrogen) atoms. The first-order chi connectivity index (χ1) is 19.4. The lowest BCUT2D eigenvalue weighted by Gasteiger charge is -2.34. The van der Waals surface area contributed by atoms with Crippen LogP contribution in [0.2, 0.25) is 15.1 Å². The van der Waals surface area contributed by atoms with E-state index in [0.29, 0.717) is 22.0 Å². The van der Waals surface area contributed by atoms with Crippen LogP contribution >= 0.6 is 34.8 Å². The van der Waals surface area contributed by atoms with Crippen LogP contribution in [0.3, 0.4) is 0 Å². The van der Waals surface area contributed by atoms with Crippen molar-refractivity contribution >= 4 is 62.3 Å². The van der Waals surface area contributed by atoms with E-state index >= 15 is 0 Å². The number of aryl methyl sites for hydroxylation is 1. The van der Waals surface area contributed by atoms with E-state index in [1.165, 1.54) is 23.1 Å². The third-order valence-electron chi connectivity index (χ3n) is 6.79. The fraction of sp³-hybridized carbons (Fsp3) is 0.333. The van der Waals surface area contributed by atoms with Crippen molar-refractivity contribution in [1.82, 2.24) is 10.2 Å². The van der Waals surface area contributed by atoms with Gasteiger partial charge < -0.3 is 10.2 Å². The molecule has 0 aliphatic carbocycles. The Bertz CT molecular complexity index is 1460. The van der Waals surface area contributed by atoms with E-state index in [-0.39, 0.29) is 40.5 Å². The second kappa shape index (κ2) is 14.4. The van der Waals surface area contributed by atoms with Crippen LogP contribution in [0, 0.1) is 6.92 Å². The number of anilines is 1. The monoisotopic (exact) mass is 637 g/mol. The van der Waals surface area contributed by atoms with Crippen molar-refractivity contribution < 1.29 is 18.0 Å². The molecule has 2 amide bonds. The quantitative estimate of drug-likeness (QED) is 0.235. The summed E-state index contributed by atoms with van der Waals surface area (Å²) in [6.07, 6.45) is 0.967. The van der Waals surface area contributed by atoms with Gasteiger partial charge in [-0.3, -0.25) is 13.9 Å². The minimum atomic E-state index is -4.24. The van der Waals surface area contributed by atoms with Crippen LogP contribution in [0.5, 0.6) is 0 Å². The first-order valence-corrected chi connectivity index (χ1v) is 15.8. The van der Waals surface area contributed by atoms with Gasteiger partial charge in [-0.25, -0.2) is 8.42 Å². The Morgan fingerprint density at radius 1 is 0.854 bits per heavy atom. The molecule has 0 unspecified atom stereocenters. The average molecular weight is 639 g/mol. The normalized spacial score (nSPS) is 12.9. The number of nitrogens with zero attached hydrogens (tertiary/aromatic N) is 2. The predicted octanol–water partition coefficient (Wildman–Crippen LogP) is 6.87. The lowest BCUT2D eigenvalue weighted by molar-refractivity contribution is -0.140. The van der Waals surface area contributed by atoms with Gasteiger partial charge in [0, 0.05) is 28.2 Å². The highest BCUT2D eigenvalue weighted by molar-refractivity contribution is 7.92. The highest BCUT2D eigenvalue weighted by Crippen LogP contribution is 2.32. The molecule has 3 aromatic rings.